The Morgan fingerprint density at radius 3 is 2.55 bits per heavy atom. The highest BCUT2D eigenvalue weighted by atomic mass is 19.1. The molecule has 6 heteroatoms. The summed E-state index contributed by atoms with van der Waals surface area (Å²) in [5.41, 5.74) is -2.89. The zero-order valence-electron chi connectivity index (χ0n) is 17.7. The topological polar surface area (TPSA) is 80.7 Å². The van der Waals surface area contributed by atoms with E-state index in [1.54, 1.807) is 0 Å². The van der Waals surface area contributed by atoms with Gasteiger partial charge in [0.15, 0.2) is 5.78 Å². The summed E-state index contributed by atoms with van der Waals surface area (Å²) in [4.78, 5) is 35.9. The summed E-state index contributed by atoms with van der Waals surface area (Å²) in [6.45, 7) is 5.00. The molecular weight excluding hydrogens is 375 g/mol. The van der Waals surface area contributed by atoms with Crippen LogP contribution in [0.2, 0.25) is 0 Å². The maximum absolute atomic E-state index is 16.9. The normalized spacial score (nSPS) is 49.0. The number of aliphatic hydroxyl groups excluding tert-OH is 1. The minimum absolute atomic E-state index is 0.00759. The van der Waals surface area contributed by atoms with Gasteiger partial charge in [0.1, 0.15) is 18.1 Å². The molecule has 8 atom stereocenters. The molecule has 29 heavy (non-hydrogen) atoms. The third-order valence-electron chi connectivity index (χ3n) is 9.36. The average molecular weight is 409 g/mol. The zero-order chi connectivity index (χ0) is 21.2. The molecule has 0 heterocycles. The summed E-state index contributed by atoms with van der Waals surface area (Å²) in [5, 5.41) is 11.2. The lowest BCUT2D eigenvalue weighted by atomic mass is 9.42. The second kappa shape index (κ2) is 6.86. The van der Waals surface area contributed by atoms with Crippen LogP contribution in [-0.4, -0.2) is 41.0 Å². The summed E-state index contributed by atoms with van der Waals surface area (Å²) >= 11 is 0. The van der Waals surface area contributed by atoms with E-state index in [0.29, 0.717) is 32.1 Å². The smallest absolute Gasteiger partial charge is 0.303 e. The Morgan fingerprint density at radius 1 is 1.17 bits per heavy atom. The number of ketones is 2. The molecule has 4 saturated carbocycles. The van der Waals surface area contributed by atoms with Crippen LogP contribution in [0.3, 0.4) is 0 Å². The Morgan fingerprint density at radius 2 is 1.86 bits per heavy atom. The van der Waals surface area contributed by atoms with E-state index in [1.807, 2.05) is 13.8 Å². The molecule has 4 aliphatic rings. The summed E-state index contributed by atoms with van der Waals surface area (Å²) in [7, 11) is 0. The van der Waals surface area contributed by atoms with E-state index in [-0.39, 0.29) is 48.3 Å². The lowest BCUT2D eigenvalue weighted by Gasteiger charge is -2.64. The number of carbonyl (C=O) groups excluding carboxylic acids is 3. The third kappa shape index (κ3) is 2.84. The number of esters is 1. The molecule has 4 aliphatic carbocycles. The second-order valence-corrected chi connectivity index (χ2v) is 10.5. The monoisotopic (exact) mass is 408 g/mol. The SMILES string of the molecule is CC(=O)OCC(=O)[C@H]1CC[C@H]2[C@@H]3CC[C@@H]4CC(=O)CC[C@]4(C)[C@@]3(F)[C@H](O)C[C@]12C. The largest absolute Gasteiger partial charge is 0.458 e. The Balaban J connectivity index is 1.64. The van der Waals surface area contributed by atoms with Crippen molar-refractivity contribution in [2.75, 3.05) is 6.61 Å². The van der Waals surface area contributed by atoms with Crippen molar-refractivity contribution in [1.82, 2.24) is 0 Å². The van der Waals surface area contributed by atoms with E-state index >= 15 is 4.39 Å². The fraction of sp³-hybridized carbons (Fsp3) is 0.870. The van der Waals surface area contributed by atoms with Crippen LogP contribution >= 0.6 is 0 Å². The Bertz CT molecular complexity index is 737. The summed E-state index contributed by atoms with van der Waals surface area (Å²) in [6.07, 6.45) is 3.30. The van der Waals surface area contributed by atoms with Gasteiger partial charge in [-0.15, -0.1) is 0 Å². The third-order valence-corrected chi connectivity index (χ3v) is 9.36. The first-order valence-corrected chi connectivity index (χ1v) is 11.1. The molecule has 0 unspecified atom stereocenters. The number of hydrogen-bond acceptors (Lipinski definition) is 5. The standard InChI is InChI=1S/C23H33FO5/c1-13(25)29-12-19(27)18-7-6-16-17-5-4-14-10-15(26)8-9-22(14,3)23(17,24)20(28)11-21(16,18)2/h14,16-18,20,28H,4-12H2,1-3H3/t14-,16+,17+,18-,20-,21+,22+,23+/m1/s1. The van der Waals surface area contributed by atoms with Gasteiger partial charge in [-0.3, -0.25) is 14.4 Å². The van der Waals surface area contributed by atoms with Gasteiger partial charge >= 0.3 is 5.97 Å². The molecule has 0 aliphatic heterocycles. The molecule has 4 fully saturated rings. The van der Waals surface area contributed by atoms with Crippen LogP contribution in [0.4, 0.5) is 4.39 Å². The number of rotatable bonds is 3. The fourth-order valence-corrected chi connectivity index (χ4v) is 7.85. The van der Waals surface area contributed by atoms with Gasteiger partial charge in [0.2, 0.25) is 0 Å². The van der Waals surface area contributed by atoms with E-state index in [2.05, 4.69) is 0 Å². The van der Waals surface area contributed by atoms with Crippen molar-refractivity contribution >= 4 is 17.5 Å². The van der Waals surface area contributed by atoms with E-state index in [0.717, 1.165) is 12.8 Å². The molecule has 0 amide bonds. The number of aliphatic hydroxyl groups is 1. The molecule has 162 valence electrons. The van der Waals surface area contributed by atoms with Gasteiger partial charge in [-0.25, -0.2) is 4.39 Å². The van der Waals surface area contributed by atoms with Crippen molar-refractivity contribution in [3.8, 4) is 0 Å². The van der Waals surface area contributed by atoms with Crippen LogP contribution in [0.25, 0.3) is 0 Å². The van der Waals surface area contributed by atoms with Crippen LogP contribution in [-0.2, 0) is 19.1 Å². The van der Waals surface area contributed by atoms with Crippen LogP contribution < -0.4 is 0 Å². The van der Waals surface area contributed by atoms with E-state index in [4.69, 9.17) is 4.74 Å². The van der Waals surface area contributed by atoms with Gasteiger partial charge in [-0.05, 0) is 61.7 Å². The van der Waals surface area contributed by atoms with E-state index in [9.17, 15) is 19.5 Å². The highest BCUT2D eigenvalue weighted by molar-refractivity contribution is 5.85. The molecular formula is C23H33FO5. The molecule has 5 nitrogen and oxygen atoms in total. The average Bonchev–Trinajstić information content (AvgIpc) is 2.98. The van der Waals surface area contributed by atoms with Crippen LogP contribution in [0.5, 0.6) is 0 Å². The lowest BCUT2D eigenvalue weighted by molar-refractivity contribution is -0.242. The van der Waals surface area contributed by atoms with Crippen molar-refractivity contribution in [2.45, 2.75) is 83.9 Å². The van der Waals surface area contributed by atoms with Gasteiger partial charge < -0.3 is 9.84 Å². The minimum Gasteiger partial charge on any atom is -0.458 e. The number of fused-ring (bicyclic) bond motifs is 5. The maximum Gasteiger partial charge on any atom is 0.303 e. The molecule has 4 rings (SSSR count). The molecule has 0 radical (unpaired) electrons. The van der Waals surface area contributed by atoms with Crippen molar-refractivity contribution in [2.24, 2.45) is 34.5 Å². The van der Waals surface area contributed by atoms with E-state index < -0.39 is 28.6 Å². The highest BCUT2D eigenvalue weighted by Crippen LogP contribution is 2.70. The minimum atomic E-state index is -1.71. The van der Waals surface area contributed by atoms with Crippen molar-refractivity contribution in [1.29, 1.82) is 0 Å². The molecule has 0 bridgehead atoms. The molecule has 0 aromatic rings. The highest BCUT2D eigenvalue weighted by Gasteiger charge is 2.72. The number of carbonyl (C=O) groups is 3. The summed E-state index contributed by atoms with van der Waals surface area (Å²) < 4.78 is 21.9. The Labute approximate surface area is 171 Å². The first kappa shape index (κ1) is 21.0. The molecule has 0 aromatic carbocycles. The number of ether oxygens (including phenoxy) is 1. The van der Waals surface area contributed by atoms with Gasteiger partial charge in [-0.1, -0.05) is 13.8 Å². The predicted molar refractivity (Wildman–Crippen MR) is 104 cm³/mol. The molecule has 0 saturated heterocycles. The molecule has 1 N–H and O–H groups in total. The van der Waals surface area contributed by atoms with Crippen molar-refractivity contribution in [3.63, 3.8) is 0 Å². The van der Waals surface area contributed by atoms with Crippen molar-refractivity contribution < 1.29 is 28.6 Å². The Kier molecular flexibility index (Phi) is 4.96. The first-order valence-electron chi connectivity index (χ1n) is 11.1. The van der Waals surface area contributed by atoms with Crippen LogP contribution in [0, 0.1) is 34.5 Å². The summed E-state index contributed by atoms with van der Waals surface area (Å²) in [6, 6.07) is 0. The maximum atomic E-state index is 16.9. The zero-order valence-corrected chi connectivity index (χ0v) is 17.7. The molecule has 0 aromatic heterocycles. The van der Waals surface area contributed by atoms with Gasteiger partial charge in [-0.2, -0.15) is 0 Å². The lowest BCUT2D eigenvalue weighted by Crippen LogP contribution is -2.69. The summed E-state index contributed by atoms with van der Waals surface area (Å²) in [5.74, 6) is -0.984. The molecule has 0 spiro atoms. The van der Waals surface area contributed by atoms with Gasteiger partial charge in [0, 0.05) is 31.1 Å². The predicted octanol–water partition coefficient (Wildman–Crippen LogP) is 3.41. The Hall–Kier alpha value is -1.30. The number of alkyl halides is 1. The van der Waals surface area contributed by atoms with Gasteiger partial charge in [0.05, 0.1) is 6.10 Å². The fourth-order valence-electron chi connectivity index (χ4n) is 7.85. The number of Topliss-reactive ketones (excluding diaryl/α,β-unsaturated/α-hetero) is 2. The first-order chi connectivity index (χ1) is 13.5. The van der Waals surface area contributed by atoms with E-state index in [1.165, 1.54) is 6.92 Å². The number of hydrogen-bond donors (Lipinski definition) is 1. The number of halogens is 1. The van der Waals surface area contributed by atoms with Crippen LogP contribution in [0.1, 0.15) is 72.1 Å². The van der Waals surface area contributed by atoms with Gasteiger partial charge in [0.25, 0.3) is 0 Å². The van der Waals surface area contributed by atoms with Crippen LogP contribution in [0.15, 0.2) is 0 Å². The van der Waals surface area contributed by atoms with Crippen molar-refractivity contribution in [3.05, 3.63) is 0 Å². The second-order valence-electron chi connectivity index (χ2n) is 10.5. The quantitative estimate of drug-likeness (QED) is 0.724.